The van der Waals surface area contributed by atoms with E-state index in [1.165, 1.54) is 84.5 Å². The SMILES string of the molecule is c1ccc(-c2cc3cc(-c4c5ccccc5c(-c5ccccc5)c5ccccc45)c4sc5ccccc5c4c3s2)cc1. The first-order valence-electron chi connectivity index (χ1n) is 14.3. The Balaban J connectivity index is 1.47. The van der Waals surface area contributed by atoms with Gasteiger partial charge in [0, 0.05) is 35.3 Å². The van der Waals surface area contributed by atoms with Crippen LogP contribution in [-0.2, 0) is 0 Å². The Kier molecular flexibility index (Phi) is 5.34. The molecule has 0 fully saturated rings. The minimum absolute atomic E-state index is 1.25. The van der Waals surface area contributed by atoms with Crippen molar-refractivity contribution in [2.24, 2.45) is 0 Å². The highest BCUT2D eigenvalue weighted by Gasteiger charge is 2.22. The number of benzene rings is 7. The van der Waals surface area contributed by atoms with Gasteiger partial charge in [0.1, 0.15) is 0 Å². The van der Waals surface area contributed by atoms with E-state index in [1.807, 2.05) is 22.7 Å². The summed E-state index contributed by atoms with van der Waals surface area (Å²) in [6.45, 7) is 0. The molecule has 9 rings (SSSR count). The molecule has 0 N–H and O–H groups in total. The van der Waals surface area contributed by atoms with Crippen LogP contribution in [0.2, 0.25) is 0 Å². The molecule has 0 unspecified atom stereocenters. The Labute approximate surface area is 251 Å². The average Bonchev–Trinajstić information content (AvgIpc) is 3.66. The molecule has 0 atom stereocenters. The summed E-state index contributed by atoms with van der Waals surface area (Å²) in [7, 11) is 0. The van der Waals surface area contributed by atoms with Crippen LogP contribution in [-0.4, -0.2) is 0 Å². The van der Waals surface area contributed by atoms with Crippen molar-refractivity contribution in [1.29, 1.82) is 0 Å². The largest absolute Gasteiger partial charge is 0.135 e. The van der Waals surface area contributed by atoms with Gasteiger partial charge in [-0.15, -0.1) is 22.7 Å². The van der Waals surface area contributed by atoms with Crippen molar-refractivity contribution in [2.45, 2.75) is 0 Å². The molecule has 0 spiro atoms. The van der Waals surface area contributed by atoms with Crippen LogP contribution in [0.1, 0.15) is 0 Å². The number of rotatable bonds is 3. The third kappa shape index (κ3) is 3.53. The lowest BCUT2D eigenvalue weighted by molar-refractivity contribution is 1.67. The third-order valence-corrected chi connectivity index (χ3v) is 10.9. The molecule has 196 valence electrons. The first-order chi connectivity index (χ1) is 20.8. The van der Waals surface area contributed by atoms with Crippen molar-refractivity contribution >= 4 is 74.5 Å². The van der Waals surface area contributed by atoms with Crippen molar-refractivity contribution in [2.75, 3.05) is 0 Å². The van der Waals surface area contributed by atoms with Crippen molar-refractivity contribution in [1.82, 2.24) is 0 Å². The Hall–Kier alpha value is -4.76. The zero-order valence-electron chi connectivity index (χ0n) is 22.7. The lowest BCUT2D eigenvalue weighted by atomic mass is 9.85. The van der Waals surface area contributed by atoms with Crippen molar-refractivity contribution < 1.29 is 0 Å². The fourth-order valence-electron chi connectivity index (χ4n) is 6.65. The fraction of sp³-hybridized carbons (Fsp3) is 0. The summed E-state index contributed by atoms with van der Waals surface area (Å²) in [5.41, 5.74) is 6.48. The van der Waals surface area contributed by atoms with Gasteiger partial charge in [0.15, 0.2) is 0 Å². The maximum atomic E-state index is 2.46. The molecule has 0 nitrogen and oxygen atoms in total. The van der Waals surface area contributed by atoms with Gasteiger partial charge >= 0.3 is 0 Å². The number of thiophene rings is 2. The molecule has 0 saturated carbocycles. The highest BCUT2D eigenvalue weighted by atomic mass is 32.1. The van der Waals surface area contributed by atoms with Gasteiger partial charge in [-0.2, -0.15) is 0 Å². The number of hydrogen-bond acceptors (Lipinski definition) is 2. The first kappa shape index (κ1) is 23.9. The summed E-state index contributed by atoms with van der Waals surface area (Å²) in [6.07, 6.45) is 0. The van der Waals surface area contributed by atoms with E-state index in [-0.39, 0.29) is 0 Å². The van der Waals surface area contributed by atoms with E-state index >= 15 is 0 Å². The van der Waals surface area contributed by atoms with E-state index in [9.17, 15) is 0 Å². The van der Waals surface area contributed by atoms with Crippen LogP contribution < -0.4 is 0 Å². The van der Waals surface area contributed by atoms with Gasteiger partial charge in [0.05, 0.1) is 0 Å². The molecular formula is C40H24S2. The van der Waals surface area contributed by atoms with Crippen LogP contribution in [0.3, 0.4) is 0 Å². The molecule has 0 amide bonds. The lowest BCUT2D eigenvalue weighted by Crippen LogP contribution is -1.91. The van der Waals surface area contributed by atoms with Gasteiger partial charge in [0.25, 0.3) is 0 Å². The molecule has 0 saturated heterocycles. The Bertz CT molecular complexity index is 2390. The number of fused-ring (bicyclic) bond motifs is 7. The van der Waals surface area contributed by atoms with E-state index in [0.29, 0.717) is 0 Å². The van der Waals surface area contributed by atoms with Gasteiger partial charge in [-0.3, -0.25) is 0 Å². The second-order valence-corrected chi connectivity index (χ2v) is 12.9. The summed E-state index contributed by atoms with van der Waals surface area (Å²) < 4.78 is 4.08. The van der Waals surface area contributed by atoms with Gasteiger partial charge in [-0.25, -0.2) is 0 Å². The summed E-state index contributed by atoms with van der Waals surface area (Å²) in [5, 5.41) is 9.23. The summed E-state index contributed by atoms with van der Waals surface area (Å²) >= 11 is 3.84. The van der Waals surface area contributed by atoms with Gasteiger partial charge in [0.2, 0.25) is 0 Å². The normalized spacial score (nSPS) is 11.8. The van der Waals surface area contributed by atoms with Crippen LogP contribution in [0.25, 0.3) is 84.5 Å². The predicted molar refractivity (Wildman–Crippen MR) is 186 cm³/mol. The van der Waals surface area contributed by atoms with E-state index in [1.54, 1.807) is 0 Å². The molecule has 0 bridgehead atoms. The van der Waals surface area contributed by atoms with E-state index in [4.69, 9.17) is 0 Å². The minimum Gasteiger partial charge on any atom is -0.135 e. The molecule has 0 radical (unpaired) electrons. The van der Waals surface area contributed by atoms with Crippen LogP contribution in [0, 0.1) is 0 Å². The molecule has 42 heavy (non-hydrogen) atoms. The van der Waals surface area contributed by atoms with Crippen LogP contribution in [0.4, 0.5) is 0 Å². The molecule has 7 aromatic carbocycles. The second-order valence-electron chi connectivity index (χ2n) is 10.8. The molecule has 2 aromatic heterocycles. The van der Waals surface area contributed by atoms with Crippen molar-refractivity contribution in [3.8, 4) is 32.7 Å². The predicted octanol–water partition coefficient (Wildman–Crippen LogP) is 12.6. The van der Waals surface area contributed by atoms with Gasteiger partial charge < -0.3 is 0 Å². The van der Waals surface area contributed by atoms with E-state index < -0.39 is 0 Å². The van der Waals surface area contributed by atoms with Gasteiger partial charge in [-0.1, -0.05) is 127 Å². The van der Waals surface area contributed by atoms with Crippen LogP contribution >= 0.6 is 22.7 Å². The second kappa shape index (κ2) is 9.39. The van der Waals surface area contributed by atoms with Gasteiger partial charge in [-0.05, 0) is 67.4 Å². The monoisotopic (exact) mass is 568 g/mol. The maximum Gasteiger partial charge on any atom is 0.0448 e. The van der Waals surface area contributed by atoms with Crippen molar-refractivity contribution in [3.63, 3.8) is 0 Å². The number of hydrogen-bond donors (Lipinski definition) is 0. The highest BCUT2D eigenvalue weighted by molar-refractivity contribution is 7.28. The molecule has 0 aliphatic carbocycles. The Morgan fingerprint density at radius 3 is 1.55 bits per heavy atom. The summed E-state index contributed by atoms with van der Waals surface area (Å²) in [6, 6.07) is 53.4. The van der Waals surface area contributed by atoms with Crippen molar-refractivity contribution in [3.05, 3.63) is 146 Å². The summed E-state index contributed by atoms with van der Waals surface area (Å²) in [5.74, 6) is 0. The zero-order valence-corrected chi connectivity index (χ0v) is 24.3. The lowest BCUT2D eigenvalue weighted by Gasteiger charge is -2.18. The Morgan fingerprint density at radius 1 is 0.381 bits per heavy atom. The first-order valence-corrected chi connectivity index (χ1v) is 15.9. The third-order valence-electron chi connectivity index (χ3n) is 8.45. The fourth-order valence-corrected chi connectivity index (χ4v) is 9.16. The molecule has 2 heterocycles. The molecule has 9 aromatic rings. The standard InChI is InChI=1S/C40H24S2/c1-3-13-25(14-4-1)35-24-27-23-33(40-38(39(27)42-35)32-21-11-12-22-34(32)41-40)37-30-19-9-7-17-28(30)36(26-15-5-2-6-16-26)29-18-8-10-20-31(29)37/h1-24H. The smallest absolute Gasteiger partial charge is 0.0448 e. The topological polar surface area (TPSA) is 0 Å². The molecule has 0 aliphatic rings. The van der Waals surface area contributed by atoms with E-state index in [0.717, 1.165) is 0 Å². The molecular weight excluding hydrogens is 545 g/mol. The zero-order chi connectivity index (χ0) is 27.6. The quantitative estimate of drug-likeness (QED) is 0.186. The van der Waals surface area contributed by atoms with Crippen LogP contribution in [0.15, 0.2) is 146 Å². The maximum absolute atomic E-state index is 2.46. The molecule has 2 heteroatoms. The van der Waals surface area contributed by atoms with Crippen LogP contribution in [0.5, 0.6) is 0 Å². The molecule has 0 aliphatic heterocycles. The average molecular weight is 569 g/mol. The van der Waals surface area contributed by atoms with E-state index in [2.05, 4.69) is 146 Å². The highest BCUT2D eigenvalue weighted by Crippen LogP contribution is 2.51. The summed E-state index contributed by atoms with van der Waals surface area (Å²) in [4.78, 5) is 1.31. The minimum atomic E-state index is 1.25. The Morgan fingerprint density at radius 2 is 0.905 bits per heavy atom.